The van der Waals surface area contributed by atoms with Gasteiger partial charge < -0.3 is 25.8 Å². The van der Waals surface area contributed by atoms with E-state index in [1.807, 2.05) is 36.7 Å². The van der Waals surface area contributed by atoms with Crippen LogP contribution in [0.15, 0.2) is 54.9 Å². The molecule has 1 aliphatic carbocycles. The molecule has 8 nitrogen and oxygen atoms in total. The van der Waals surface area contributed by atoms with Gasteiger partial charge in [0.1, 0.15) is 6.04 Å². The van der Waals surface area contributed by atoms with Crippen molar-refractivity contribution in [1.29, 1.82) is 0 Å². The number of para-hydroxylation sites is 1. The molecule has 2 aliphatic rings. The average Bonchev–Trinajstić information content (AvgIpc) is 3.29. The van der Waals surface area contributed by atoms with E-state index in [1.165, 1.54) is 16.7 Å². The highest BCUT2D eigenvalue weighted by molar-refractivity contribution is 5.94. The predicted molar refractivity (Wildman–Crippen MR) is 144 cm³/mol. The summed E-state index contributed by atoms with van der Waals surface area (Å²) in [4.78, 5) is 33.4. The number of imidazole rings is 1. The van der Waals surface area contributed by atoms with Gasteiger partial charge in [-0.15, -0.1) is 0 Å². The summed E-state index contributed by atoms with van der Waals surface area (Å²) in [6, 6.07) is 14.7. The third-order valence-electron chi connectivity index (χ3n) is 7.70. The van der Waals surface area contributed by atoms with Gasteiger partial charge in [-0.3, -0.25) is 4.79 Å². The summed E-state index contributed by atoms with van der Waals surface area (Å²) in [5.41, 5.74) is 12.5. The molecule has 0 bridgehead atoms. The Bertz CT molecular complexity index is 1270. The van der Waals surface area contributed by atoms with Crippen LogP contribution in [0.4, 0.5) is 10.5 Å². The van der Waals surface area contributed by atoms with Crippen LogP contribution in [0, 0.1) is 13.8 Å². The summed E-state index contributed by atoms with van der Waals surface area (Å²) in [7, 11) is 0. The third kappa shape index (κ3) is 5.54. The topological polar surface area (TPSA) is 105 Å². The molecule has 5 rings (SSSR count). The SMILES string of the molecule is Cc1ccc(C)c(Cn2cnc3c2CN(C(=O)Nc2ccccc2)C(C(=O)NC2CCCCC2N)C3)c1. The molecule has 3 aromatic rings. The molecule has 1 aromatic heterocycles. The summed E-state index contributed by atoms with van der Waals surface area (Å²) in [6.45, 7) is 5.16. The molecule has 1 saturated carbocycles. The first kappa shape index (κ1) is 25.0. The number of aryl methyl sites for hydroxylation is 2. The van der Waals surface area contributed by atoms with Gasteiger partial charge in [0.15, 0.2) is 0 Å². The largest absolute Gasteiger partial charge is 0.350 e. The Balaban J connectivity index is 1.41. The Morgan fingerprint density at radius 2 is 1.86 bits per heavy atom. The molecule has 194 valence electrons. The molecule has 2 aromatic carbocycles. The van der Waals surface area contributed by atoms with Crippen LogP contribution < -0.4 is 16.4 Å². The molecule has 8 heteroatoms. The van der Waals surface area contributed by atoms with Crippen molar-refractivity contribution < 1.29 is 9.59 Å². The van der Waals surface area contributed by atoms with Crippen molar-refractivity contribution in [3.63, 3.8) is 0 Å². The first-order chi connectivity index (χ1) is 17.9. The molecule has 3 unspecified atom stereocenters. The number of nitrogens with one attached hydrogen (secondary N) is 2. The number of nitrogens with two attached hydrogens (primary N) is 1. The number of fused-ring (bicyclic) bond motifs is 1. The van der Waals surface area contributed by atoms with E-state index >= 15 is 0 Å². The number of carbonyl (C=O) groups excluding carboxylic acids is 2. The highest BCUT2D eigenvalue weighted by Crippen LogP contribution is 2.26. The van der Waals surface area contributed by atoms with E-state index in [9.17, 15) is 9.59 Å². The quantitative estimate of drug-likeness (QED) is 0.494. The van der Waals surface area contributed by atoms with Gasteiger partial charge in [0.05, 0.1) is 24.3 Å². The van der Waals surface area contributed by atoms with Crippen molar-refractivity contribution in [1.82, 2.24) is 19.8 Å². The lowest BCUT2D eigenvalue weighted by Gasteiger charge is -2.37. The van der Waals surface area contributed by atoms with E-state index in [2.05, 4.69) is 52.2 Å². The van der Waals surface area contributed by atoms with Gasteiger partial charge >= 0.3 is 6.03 Å². The van der Waals surface area contributed by atoms with Crippen molar-refractivity contribution in [2.45, 2.75) is 77.2 Å². The van der Waals surface area contributed by atoms with Crippen molar-refractivity contribution in [2.75, 3.05) is 5.32 Å². The highest BCUT2D eigenvalue weighted by Gasteiger charge is 2.38. The molecule has 37 heavy (non-hydrogen) atoms. The molecule has 0 spiro atoms. The van der Waals surface area contributed by atoms with Crippen LogP contribution in [0.2, 0.25) is 0 Å². The van der Waals surface area contributed by atoms with Crippen molar-refractivity contribution in [3.05, 3.63) is 82.9 Å². The van der Waals surface area contributed by atoms with Crippen LogP contribution in [-0.2, 0) is 24.3 Å². The summed E-state index contributed by atoms with van der Waals surface area (Å²) >= 11 is 0. The molecular weight excluding hydrogens is 464 g/mol. The summed E-state index contributed by atoms with van der Waals surface area (Å²) in [5.74, 6) is -0.166. The zero-order valence-corrected chi connectivity index (χ0v) is 21.6. The number of hydrogen-bond acceptors (Lipinski definition) is 4. The van der Waals surface area contributed by atoms with Gasteiger partial charge in [-0.2, -0.15) is 0 Å². The molecular formula is C29H36N6O2. The van der Waals surface area contributed by atoms with Crippen LogP contribution >= 0.6 is 0 Å². The average molecular weight is 501 g/mol. The van der Waals surface area contributed by atoms with Crippen molar-refractivity contribution in [2.24, 2.45) is 5.73 Å². The van der Waals surface area contributed by atoms with Gasteiger partial charge in [-0.05, 0) is 49.9 Å². The first-order valence-corrected chi connectivity index (χ1v) is 13.2. The van der Waals surface area contributed by atoms with Crippen LogP contribution in [0.5, 0.6) is 0 Å². The molecule has 0 radical (unpaired) electrons. The molecule has 4 N–H and O–H groups in total. The van der Waals surface area contributed by atoms with E-state index in [-0.39, 0.29) is 24.0 Å². The smallest absolute Gasteiger partial charge is 0.322 e. The summed E-state index contributed by atoms with van der Waals surface area (Å²) < 4.78 is 2.10. The van der Waals surface area contributed by atoms with Crippen LogP contribution in [0.3, 0.4) is 0 Å². The lowest BCUT2D eigenvalue weighted by molar-refractivity contribution is -0.127. The Morgan fingerprint density at radius 3 is 2.65 bits per heavy atom. The predicted octanol–water partition coefficient (Wildman–Crippen LogP) is 3.89. The molecule has 3 amide bonds. The molecule has 1 fully saturated rings. The fourth-order valence-electron chi connectivity index (χ4n) is 5.44. The molecule has 2 heterocycles. The maximum absolute atomic E-state index is 13.5. The van der Waals surface area contributed by atoms with E-state index in [0.717, 1.165) is 37.1 Å². The number of aromatic nitrogens is 2. The minimum absolute atomic E-state index is 0.0553. The second kappa shape index (κ2) is 10.8. The van der Waals surface area contributed by atoms with E-state index < -0.39 is 6.04 Å². The Hall–Kier alpha value is -3.65. The fraction of sp³-hybridized carbons (Fsp3) is 0.414. The monoisotopic (exact) mass is 500 g/mol. The zero-order valence-electron chi connectivity index (χ0n) is 21.6. The van der Waals surface area contributed by atoms with E-state index in [1.54, 1.807) is 4.90 Å². The molecule has 0 saturated heterocycles. The normalized spacial score (nSPS) is 21.3. The lowest BCUT2D eigenvalue weighted by Crippen LogP contribution is -2.58. The standard InChI is InChI=1S/C29H36N6O2/c1-19-12-13-20(2)21(14-19)16-34-18-31-25-15-26(28(36)33-24-11-7-6-10-23(24)30)35(17-27(25)34)29(37)32-22-8-4-3-5-9-22/h3-5,8-9,12-14,18,23-24,26H,6-7,10-11,15-17,30H2,1-2H3,(H,32,37)(H,33,36). The second-order valence-electron chi connectivity index (χ2n) is 10.4. The van der Waals surface area contributed by atoms with Gasteiger partial charge in [-0.25, -0.2) is 9.78 Å². The van der Waals surface area contributed by atoms with Gasteiger partial charge in [0.2, 0.25) is 5.91 Å². The highest BCUT2D eigenvalue weighted by atomic mass is 16.2. The van der Waals surface area contributed by atoms with Crippen molar-refractivity contribution >= 4 is 17.6 Å². The number of nitrogens with zero attached hydrogens (tertiary/aromatic N) is 3. The Morgan fingerprint density at radius 1 is 1.08 bits per heavy atom. The molecule has 1 aliphatic heterocycles. The Kier molecular flexibility index (Phi) is 7.28. The van der Waals surface area contributed by atoms with Gasteiger partial charge in [0.25, 0.3) is 0 Å². The number of carbonyl (C=O) groups is 2. The number of rotatable bonds is 5. The maximum atomic E-state index is 13.5. The number of amides is 3. The third-order valence-corrected chi connectivity index (χ3v) is 7.70. The summed E-state index contributed by atoms with van der Waals surface area (Å²) in [5, 5.41) is 6.13. The second-order valence-corrected chi connectivity index (χ2v) is 10.4. The van der Waals surface area contributed by atoms with Crippen molar-refractivity contribution in [3.8, 4) is 0 Å². The minimum Gasteiger partial charge on any atom is -0.350 e. The van der Waals surface area contributed by atoms with E-state index in [4.69, 9.17) is 5.73 Å². The van der Waals surface area contributed by atoms with E-state index in [0.29, 0.717) is 25.2 Å². The van der Waals surface area contributed by atoms with Crippen LogP contribution in [0.25, 0.3) is 0 Å². The van der Waals surface area contributed by atoms with Gasteiger partial charge in [-0.1, -0.05) is 54.8 Å². The minimum atomic E-state index is -0.658. The zero-order chi connectivity index (χ0) is 25.9. The van der Waals surface area contributed by atoms with Crippen LogP contribution in [-0.4, -0.2) is 44.5 Å². The van der Waals surface area contributed by atoms with Gasteiger partial charge in [0, 0.05) is 30.7 Å². The van der Waals surface area contributed by atoms with Crippen LogP contribution in [0.1, 0.15) is 53.8 Å². The first-order valence-electron chi connectivity index (χ1n) is 13.2. The Labute approximate surface area is 218 Å². The fourth-order valence-corrected chi connectivity index (χ4v) is 5.44. The number of hydrogen-bond donors (Lipinski definition) is 3. The lowest BCUT2D eigenvalue weighted by atomic mass is 9.90. The number of anilines is 1. The number of urea groups is 1. The summed E-state index contributed by atoms with van der Waals surface area (Å²) in [6.07, 6.45) is 6.10. The molecule has 3 atom stereocenters. The maximum Gasteiger partial charge on any atom is 0.322 e. The number of benzene rings is 2.